The van der Waals surface area contributed by atoms with E-state index in [1.54, 1.807) is 30.5 Å². The molecule has 2 rings (SSSR count). The summed E-state index contributed by atoms with van der Waals surface area (Å²) in [5.41, 5.74) is 0.980. The molecule has 0 fully saturated rings. The quantitative estimate of drug-likeness (QED) is 0.741. The van der Waals surface area contributed by atoms with E-state index < -0.39 is 0 Å². The number of carbonyl (C=O) groups excluding carboxylic acids is 1. The number of nitrogens with zero attached hydrogens (tertiary/aromatic N) is 1. The number of halogens is 2. The lowest BCUT2D eigenvalue weighted by molar-refractivity contribution is 0.103. The molecule has 0 aliphatic rings. The summed E-state index contributed by atoms with van der Waals surface area (Å²) in [6.07, 6.45) is 4.02. The van der Waals surface area contributed by atoms with Gasteiger partial charge in [-0.2, -0.15) is 0 Å². The number of ketones is 1. The highest BCUT2D eigenvalue weighted by molar-refractivity contribution is 9.10. The maximum Gasteiger partial charge on any atom is 0.195 e. The molecule has 0 unspecified atom stereocenters. The van der Waals surface area contributed by atoms with Crippen LogP contribution >= 0.6 is 27.5 Å². The number of pyridine rings is 1. The van der Waals surface area contributed by atoms with Crippen LogP contribution in [0.5, 0.6) is 5.75 Å². The molecule has 0 bridgehead atoms. The highest BCUT2D eigenvalue weighted by Crippen LogP contribution is 2.24. The van der Waals surface area contributed by atoms with Crippen LogP contribution in [0.1, 0.15) is 29.3 Å². The van der Waals surface area contributed by atoms with Gasteiger partial charge in [0.2, 0.25) is 0 Å². The number of aromatic nitrogens is 1. The molecule has 2 aromatic rings. The zero-order valence-corrected chi connectivity index (χ0v) is 13.2. The number of rotatable bonds is 5. The first-order valence-electron chi connectivity index (χ1n) is 6.19. The summed E-state index contributed by atoms with van der Waals surface area (Å²) < 4.78 is 6.18. The van der Waals surface area contributed by atoms with Crippen LogP contribution in [-0.4, -0.2) is 17.4 Å². The van der Waals surface area contributed by atoms with Gasteiger partial charge in [0, 0.05) is 26.8 Å². The topological polar surface area (TPSA) is 39.2 Å². The fraction of sp³-hybridized carbons (Fsp3) is 0.200. The second-order valence-electron chi connectivity index (χ2n) is 4.21. The Hall–Kier alpha value is -1.39. The lowest BCUT2D eigenvalue weighted by Gasteiger charge is -2.07. The molecule has 0 radical (unpaired) electrons. The van der Waals surface area contributed by atoms with Crippen LogP contribution in [0.25, 0.3) is 0 Å². The van der Waals surface area contributed by atoms with Crippen molar-refractivity contribution < 1.29 is 9.53 Å². The van der Waals surface area contributed by atoms with Gasteiger partial charge in [-0.25, -0.2) is 0 Å². The van der Waals surface area contributed by atoms with Crippen LogP contribution in [0, 0.1) is 0 Å². The van der Waals surface area contributed by atoms with Gasteiger partial charge in [0.1, 0.15) is 5.75 Å². The number of carbonyl (C=O) groups is 1. The van der Waals surface area contributed by atoms with E-state index in [1.165, 1.54) is 6.20 Å². The molecule has 5 heteroatoms. The van der Waals surface area contributed by atoms with Crippen molar-refractivity contribution >= 4 is 33.3 Å². The fourth-order valence-corrected chi connectivity index (χ4v) is 2.27. The highest BCUT2D eigenvalue weighted by atomic mass is 79.9. The summed E-state index contributed by atoms with van der Waals surface area (Å²) in [4.78, 5) is 16.5. The first-order chi connectivity index (χ1) is 9.61. The molecule has 1 aromatic carbocycles. The molecule has 0 spiro atoms. The molecule has 1 heterocycles. The maximum atomic E-state index is 12.5. The van der Waals surface area contributed by atoms with Gasteiger partial charge in [-0.15, -0.1) is 0 Å². The van der Waals surface area contributed by atoms with Crippen molar-refractivity contribution in [2.45, 2.75) is 13.3 Å². The number of hydrogen-bond acceptors (Lipinski definition) is 3. The third-order valence-electron chi connectivity index (χ3n) is 2.62. The number of benzene rings is 1. The van der Waals surface area contributed by atoms with E-state index >= 15 is 0 Å². The Morgan fingerprint density at radius 3 is 2.90 bits per heavy atom. The summed E-state index contributed by atoms with van der Waals surface area (Å²) in [6, 6.07) is 6.80. The second kappa shape index (κ2) is 6.86. The van der Waals surface area contributed by atoms with Crippen LogP contribution in [0.3, 0.4) is 0 Å². The molecule has 20 heavy (non-hydrogen) atoms. The minimum absolute atomic E-state index is 0.145. The van der Waals surface area contributed by atoms with E-state index in [-0.39, 0.29) is 5.78 Å². The lowest BCUT2D eigenvalue weighted by Crippen LogP contribution is -2.04. The Morgan fingerprint density at radius 1 is 1.35 bits per heavy atom. The first-order valence-corrected chi connectivity index (χ1v) is 7.36. The van der Waals surface area contributed by atoms with Crippen molar-refractivity contribution in [3.05, 3.63) is 57.3 Å². The first kappa shape index (κ1) is 15.0. The molecule has 0 saturated heterocycles. The van der Waals surface area contributed by atoms with Crippen molar-refractivity contribution in [1.82, 2.24) is 4.98 Å². The molecular weight excluding hydrogens is 342 g/mol. The molecule has 0 saturated carbocycles. The van der Waals surface area contributed by atoms with E-state index in [9.17, 15) is 4.79 Å². The highest BCUT2D eigenvalue weighted by Gasteiger charge is 2.14. The Balaban J connectivity index is 2.31. The summed E-state index contributed by atoms with van der Waals surface area (Å²) in [5.74, 6) is 0.449. The standard InChI is InChI=1S/C15H13BrClNO2/c1-2-5-20-12-6-10(8-18-9-12)15(19)13-7-11(17)3-4-14(13)16/h3-4,6-9H,2,5H2,1H3. The molecule has 0 atom stereocenters. The Morgan fingerprint density at radius 2 is 2.15 bits per heavy atom. The summed E-state index contributed by atoms with van der Waals surface area (Å²) >= 11 is 9.29. The summed E-state index contributed by atoms with van der Waals surface area (Å²) in [7, 11) is 0. The predicted octanol–water partition coefficient (Wildman–Crippen LogP) is 4.52. The zero-order valence-electron chi connectivity index (χ0n) is 10.9. The van der Waals surface area contributed by atoms with Crippen LogP contribution < -0.4 is 4.74 Å². The van der Waals surface area contributed by atoms with Gasteiger partial charge < -0.3 is 4.74 Å². The molecule has 3 nitrogen and oxygen atoms in total. The van der Waals surface area contributed by atoms with E-state index in [0.717, 1.165) is 6.42 Å². The van der Waals surface area contributed by atoms with Gasteiger partial charge in [-0.05, 0) is 30.7 Å². The van der Waals surface area contributed by atoms with Gasteiger partial charge in [-0.3, -0.25) is 9.78 Å². The van der Waals surface area contributed by atoms with E-state index in [1.807, 2.05) is 6.92 Å². The zero-order chi connectivity index (χ0) is 14.5. The lowest BCUT2D eigenvalue weighted by atomic mass is 10.1. The minimum atomic E-state index is -0.145. The van der Waals surface area contributed by atoms with Gasteiger partial charge in [-0.1, -0.05) is 34.5 Å². The smallest absolute Gasteiger partial charge is 0.195 e. The van der Waals surface area contributed by atoms with E-state index in [0.29, 0.717) is 33.0 Å². The van der Waals surface area contributed by atoms with Crippen molar-refractivity contribution in [3.63, 3.8) is 0 Å². The molecule has 0 amide bonds. The fourth-order valence-electron chi connectivity index (χ4n) is 1.67. The average Bonchev–Trinajstić information content (AvgIpc) is 2.47. The van der Waals surface area contributed by atoms with Crippen molar-refractivity contribution in [1.29, 1.82) is 0 Å². The Kier molecular flexibility index (Phi) is 5.15. The minimum Gasteiger partial charge on any atom is -0.492 e. The van der Waals surface area contributed by atoms with Crippen LogP contribution in [-0.2, 0) is 0 Å². The summed E-state index contributed by atoms with van der Waals surface area (Å²) in [6.45, 7) is 2.62. The van der Waals surface area contributed by atoms with Crippen molar-refractivity contribution in [2.24, 2.45) is 0 Å². The average molecular weight is 355 g/mol. The Bertz CT molecular complexity index is 631. The van der Waals surface area contributed by atoms with Gasteiger partial charge in [0.25, 0.3) is 0 Å². The van der Waals surface area contributed by atoms with Gasteiger partial charge in [0.15, 0.2) is 5.78 Å². The number of ether oxygens (including phenoxy) is 1. The molecule has 0 aliphatic heterocycles. The second-order valence-corrected chi connectivity index (χ2v) is 5.50. The van der Waals surface area contributed by atoms with Crippen LogP contribution in [0.2, 0.25) is 5.02 Å². The third-order valence-corrected chi connectivity index (χ3v) is 3.55. The maximum absolute atomic E-state index is 12.5. The predicted molar refractivity (Wildman–Crippen MR) is 82.6 cm³/mol. The number of hydrogen-bond donors (Lipinski definition) is 0. The van der Waals surface area contributed by atoms with E-state index in [4.69, 9.17) is 16.3 Å². The molecule has 1 aromatic heterocycles. The van der Waals surface area contributed by atoms with Crippen molar-refractivity contribution in [3.8, 4) is 5.75 Å². The van der Waals surface area contributed by atoms with Crippen LogP contribution in [0.4, 0.5) is 0 Å². The van der Waals surface area contributed by atoms with Gasteiger partial charge in [0.05, 0.1) is 12.8 Å². The van der Waals surface area contributed by atoms with Gasteiger partial charge >= 0.3 is 0 Å². The largest absolute Gasteiger partial charge is 0.492 e. The third kappa shape index (κ3) is 3.58. The molecule has 0 aliphatic carbocycles. The molecule has 0 N–H and O–H groups in total. The monoisotopic (exact) mass is 353 g/mol. The molecule has 104 valence electrons. The Labute approximate surface area is 131 Å². The normalized spacial score (nSPS) is 10.3. The van der Waals surface area contributed by atoms with Crippen LogP contribution in [0.15, 0.2) is 41.1 Å². The van der Waals surface area contributed by atoms with Crippen molar-refractivity contribution in [2.75, 3.05) is 6.61 Å². The SMILES string of the molecule is CCCOc1cncc(C(=O)c2cc(Cl)ccc2Br)c1. The summed E-state index contributed by atoms with van der Waals surface area (Å²) in [5, 5.41) is 0.517. The molecular formula is C15H13BrClNO2. The van der Waals surface area contributed by atoms with E-state index in [2.05, 4.69) is 20.9 Å².